The summed E-state index contributed by atoms with van der Waals surface area (Å²) in [6.45, 7) is 4.91. The third kappa shape index (κ3) is 4.73. The SMILES string of the molecule is CC(C)n1nnc2cc(S(=O)(=O)N3CCCC[C@@H]3C(=O)NCCC3=CCCCC3)ccc21. The minimum atomic E-state index is -3.82. The predicted octanol–water partition coefficient (Wildman–Crippen LogP) is 3.56. The average Bonchev–Trinajstić information content (AvgIpc) is 3.23. The van der Waals surface area contributed by atoms with Crippen LogP contribution in [0.2, 0.25) is 0 Å². The zero-order valence-electron chi connectivity index (χ0n) is 19.0. The number of nitrogens with zero attached hydrogens (tertiary/aromatic N) is 4. The molecule has 4 rings (SSSR count). The highest BCUT2D eigenvalue weighted by atomic mass is 32.2. The first-order chi connectivity index (χ1) is 15.4. The number of sulfonamides is 1. The molecule has 0 bridgehead atoms. The maximum absolute atomic E-state index is 13.5. The first kappa shape index (κ1) is 22.9. The molecule has 2 aliphatic rings. The number of hydrogen-bond acceptors (Lipinski definition) is 5. The van der Waals surface area contributed by atoms with E-state index in [-0.39, 0.29) is 16.8 Å². The molecule has 2 heterocycles. The fraction of sp³-hybridized carbons (Fsp3) is 0.609. The Balaban J connectivity index is 1.50. The van der Waals surface area contributed by atoms with E-state index in [1.165, 1.54) is 22.7 Å². The van der Waals surface area contributed by atoms with E-state index in [0.29, 0.717) is 25.0 Å². The van der Waals surface area contributed by atoms with E-state index in [1.807, 2.05) is 13.8 Å². The number of piperidine rings is 1. The van der Waals surface area contributed by atoms with Crippen molar-refractivity contribution in [1.82, 2.24) is 24.6 Å². The molecule has 32 heavy (non-hydrogen) atoms. The monoisotopic (exact) mass is 459 g/mol. The second-order valence-electron chi connectivity index (χ2n) is 9.05. The Morgan fingerprint density at radius 2 is 2.06 bits per heavy atom. The summed E-state index contributed by atoms with van der Waals surface area (Å²) in [5, 5.41) is 11.3. The number of hydrogen-bond donors (Lipinski definition) is 1. The maximum atomic E-state index is 13.5. The van der Waals surface area contributed by atoms with Crippen LogP contribution in [-0.4, -0.2) is 52.8 Å². The zero-order chi connectivity index (χ0) is 22.7. The van der Waals surface area contributed by atoms with Gasteiger partial charge in [0.25, 0.3) is 0 Å². The highest BCUT2D eigenvalue weighted by Crippen LogP contribution is 2.28. The molecule has 2 aromatic rings. The third-order valence-electron chi connectivity index (χ3n) is 6.42. The van der Waals surface area contributed by atoms with Gasteiger partial charge in [-0.15, -0.1) is 5.10 Å². The number of fused-ring (bicyclic) bond motifs is 1. The predicted molar refractivity (Wildman–Crippen MR) is 124 cm³/mol. The Kier molecular flexibility index (Phi) is 6.95. The van der Waals surface area contributed by atoms with Crippen LogP contribution in [0.5, 0.6) is 0 Å². The van der Waals surface area contributed by atoms with E-state index >= 15 is 0 Å². The minimum Gasteiger partial charge on any atom is -0.354 e. The highest BCUT2D eigenvalue weighted by molar-refractivity contribution is 7.89. The molecule has 9 heteroatoms. The summed E-state index contributed by atoms with van der Waals surface area (Å²) < 4.78 is 30.1. The summed E-state index contributed by atoms with van der Waals surface area (Å²) in [6, 6.07) is 4.37. The molecule has 174 valence electrons. The largest absolute Gasteiger partial charge is 0.354 e. The maximum Gasteiger partial charge on any atom is 0.243 e. The van der Waals surface area contributed by atoms with Crippen LogP contribution in [0.1, 0.15) is 71.3 Å². The fourth-order valence-electron chi connectivity index (χ4n) is 4.65. The van der Waals surface area contributed by atoms with Crippen molar-refractivity contribution in [3.05, 3.63) is 29.8 Å². The molecular weight excluding hydrogens is 426 g/mol. The summed E-state index contributed by atoms with van der Waals surface area (Å²) in [6.07, 6.45) is 9.93. The van der Waals surface area contributed by atoms with Crippen LogP contribution in [0.15, 0.2) is 34.7 Å². The Morgan fingerprint density at radius 1 is 1.22 bits per heavy atom. The molecule has 0 unspecified atom stereocenters. The molecule has 0 spiro atoms. The number of allylic oxidation sites excluding steroid dienone is 1. The number of benzene rings is 1. The molecule has 1 aromatic carbocycles. The van der Waals surface area contributed by atoms with E-state index in [4.69, 9.17) is 0 Å². The van der Waals surface area contributed by atoms with Crippen LogP contribution in [-0.2, 0) is 14.8 Å². The quantitative estimate of drug-likeness (QED) is 0.639. The Morgan fingerprint density at radius 3 is 2.81 bits per heavy atom. The summed E-state index contributed by atoms with van der Waals surface area (Å²) in [7, 11) is -3.82. The van der Waals surface area contributed by atoms with Crippen LogP contribution in [0, 0.1) is 0 Å². The third-order valence-corrected chi connectivity index (χ3v) is 8.33. The van der Waals surface area contributed by atoms with Crippen molar-refractivity contribution in [3.63, 3.8) is 0 Å². The van der Waals surface area contributed by atoms with Gasteiger partial charge >= 0.3 is 0 Å². The van der Waals surface area contributed by atoms with Crippen molar-refractivity contribution >= 4 is 27.0 Å². The Hall–Kier alpha value is -2.26. The van der Waals surface area contributed by atoms with Crippen molar-refractivity contribution < 1.29 is 13.2 Å². The molecule has 1 amide bonds. The lowest BCUT2D eigenvalue weighted by molar-refractivity contribution is -0.125. The van der Waals surface area contributed by atoms with Crippen molar-refractivity contribution in [3.8, 4) is 0 Å². The number of rotatable bonds is 7. The van der Waals surface area contributed by atoms with Gasteiger partial charge in [-0.05, 0) is 77.0 Å². The smallest absolute Gasteiger partial charge is 0.243 e. The average molecular weight is 460 g/mol. The number of amides is 1. The van der Waals surface area contributed by atoms with Crippen LogP contribution in [0.4, 0.5) is 0 Å². The van der Waals surface area contributed by atoms with E-state index in [1.54, 1.807) is 22.9 Å². The van der Waals surface area contributed by atoms with Gasteiger partial charge in [-0.3, -0.25) is 4.79 Å². The number of aromatic nitrogens is 3. The summed E-state index contributed by atoms with van der Waals surface area (Å²) in [5.74, 6) is -0.198. The molecule has 0 saturated carbocycles. The van der Waals surface area contributed by atoms with Crippen LogP contribution < -0.4 is 5.32 Å². The van der Waals surface area contributed by atoms with Gasteiger partial charge in [0.2, 0.25) is 15.9 Å². The Labute approximate surface area is 190 Å². The van der Waals surface area contributed by atoms with Crippen molar-refractivity contribution in [1.29, 1.82) is 0 Å². The van der Waals surface area contributed by atoms with E-state index < -0.39 is 16.1 Å². The number of nitrogens with one attached hydrogen (secondary N) is 1. The van der Waals surface area contributed by atoms with Gasteiger partial charge in [-0.1, -0.05) is 23.3 Å². The number of carbonyl (C=O) groups is 1. The molecule has 1 atom stereocenters. The molecule has 1 aromatic heterocycles. The molecule has 1 saturated heterocycles. The fourth-order valence-corrected chi connectivity index (χ4v) is 6.33. The van der Waals surface area contributed by atoms with Crippen LogP contribution >= 0.6 is 0 Å². The normalized spacial score (nSPS) is 20.5. The molecule has 8 nitrogen and oxygen atoms in total. The van der Waals surface area contributed by atoms with Gasteiger partial charge in [0.1, 0.15) is 11.6 Å². The zero-order valence-corrected chi connectivity index (χ0v) is 19.8. The second kappa shape index (κ2) is 9.70. The Bertz CT molecular complexity index is 1110. The van der Waals surface area contributed by atoms with Gasteiger partial charge in [0, 0.05) is 19.1 Å². The molecule has 1 fully saturated rings. The molecule has 0 radical (unpaired) electrons. The van der Waals surface area contributed by atoms with Gasteiger partial charge in [-0.2, -0.15) is 4.31 Å². The topological polar surface area (TPSA) is 97.2 Å². The van der Waals surface area contributed by atoms with Gasteiger partial charge < -0.3 is 5.32 Å². The summed E-state index contributed by atoms with van der Waals surface area (Å²) >= 11 is 0. The molecule has 1 aliphatic carbocycles. The van der Waals surface area contributed by atoms with Crippen molar-refractivity contribution in [2.75, 3.05) is 13.1 Å². The van der Waals surface area contributed by atoms with Gasteiger partial charge in [-0.25, -0.2) is 13.1 Å². The van der Waals surface area contributed by atoms with Crippen molar-refractivity contribution in [2.45, 2.75) is 82.2 Å². The lowest BCUT2D eigenvalue weighted by Crippen LogP contribution is -2.51. The highest BCUT2D eigenvalue weighted by Gasteiger charge is 2.37. The van der Waals surface area contributed by atoms with Gasteiger partial charge in [0.15, 0.2) is 0 Å². The molecular formula is C23H33N5O3S. The van der Waals surface area contributed by atoms with E-state index in [2.05, 4.69) is 21.7 Å². The molecule has 1 aliphatic heterocycles. The van der Waals surface area contributed by atoms with E-state index in [0.717, 1.165) is 37.6 Å². The van der Waals surface area contributed by atoms with Gasteiger partial charge in [0.05, 0.1) is 10.4 Å². The lowest BCUT2D eigenvalue weighted by Gasteiger charge is -2.33. The van der Waals surface area contributed by atoms with E-state index in [9.17, 15) is 13.2 Å². The standard InChI is InChI=1S/C23H33N5O3S/c1-17(2)28-21-12-11-19(16-20(21)25-26-28)32(30,31)27-15-7-6-10-22(27)23(29)24-14-13-18-8-4-3-5-9-18/h8,11-12,16-17,22H,3-7,9-10,13-15H2,1-2H3,(H,24,29)/t22-/m1/s1. The minimum absolute atomic E-state index is 0.127. The van der Waals surface area contributed by atoms with Crippen molar-refractivity contribution in [2.24, 2.45) is 0 Å². The first-order valence-electron chi connectivity index (χ1n) is 11.7. The second-order valence-corrected chi connectivity index (χ2v) is 10.9. The summed E-state index contributed by atoms with van der Waals surface area (Å²) in [5.41, 5.74) is 2.73. The lowest BCUT2D eigenvalue weighted by atomic mass is 9.97. The summed E-state index contributed by atoms with van der Waals surface area (Å²) in [4.78, 5) is 13.1. The van der Waals surface area contributed by atoms with Crippen LogP contribution in [0.25, 0.3) is 11.0 Å². The van der Waals surface area contributed by atoms with Crippen LogP contribution in [0.3, 0.4) is 0 Å². The molecule has 1 N–H and O–H groups in total. The first-order valence-corrected chi connectivity index (χ1v) is 13.1. The number of carbonyl (C=O) groups excluding carboxylic acids is 1.